The summed E-state index contributed by atoms with van der Waals surface area (Å²) in [5.74, 6) is -0.00630. The van der Waals surface area contributed by atoms with Crippen LogP contribution in [0.3, 0.4) is 0 Å². The maximum absolute atomic E-state index is 13.9. The van der Waals surface area contributed by atoms with Gasteiger partial charge in [0.1, 0.15) is 22.6 Å². The van der Waals surface area contributed by atoms with Crippen LogP contribution in [0.5, 0.6) is 5.88 Å². The fourth-order valence-electron chi connectivity index (χ4n) is 5.96. The molecule has 1 amide bonds. The van der Waals surface area contributed by atoms with Gasteiger partial charge in [0.15, 0.2) is 0 Å². The number of nitrogens with zero attached hydrogens (tertiary/aromatic N) is 5. The highest BCUT2D eigenvalue weighted by atomic mass is 35.5. The number of halogens is 4. The van der Waals surface area contributed by atoms with Crippen LogP contribution in [0.1, 0.15) is 29.8 Å². The third kappa shape index (κ3) is 6.53. The second kappa shape index (κ2) is 13.6. The normalized spacial score (nSPS) is 14.6. The van der Waals surface area contributed by atoms with Gasteiger partial charge in [0.2, 0.25) is 11.8 Å². The van der Waals surface area contributed by atoms with Gasteiger partial charge in [-0.3, -0.25) is 23.7 Å². The van der Waals surface area contributed by atoms with Crippen molar-refractivity contribution in [1.82, 2.24) is 34.7 Å². The van der Waals surface area contributed by atoms with Crippen LogP contribution in [0.15, 0.2) is 58.3 Å². The van der Waals surface area contributed by atoms with Gasteiger partial charge < -0.3 is 20.7 Å². The standard InChI is InChI=1S/C34H32ClF3N8O4/c1-17-19(7-6-10-22(17)42-30-28-25(13-26(44-30)34(36,37)38)45(2)33(49)46(3)32(28)48)20-8-5-9-21(29(20)35)23-16-40-24(31(43-23)50-4)15-39-14-18-11-12-27(47)41-18/h5-10,13,16,18,39H,11-12,14-15H2,1-4H3,(H,41,47)(H,42,44)/t18-/m1/s1. The number of aryl methyl sites for hydroxylation is 1. The monoisotopic (exact) mass is 708 g/mol. The molecule has 1 saturated heterocycles. The Morgan fingerprint density at radius 3 is 2.46 bits per heavy atom. The molecule has 12 nitrogen and oxygen atoms in total. The van der Waals surface area contributed by atoms with Gasteiger partial charge in [-0.05, 0) is 36.6 Å². The number of hydrogen-bond donors (Lipinski definition) is 3. The quantitative estimate of drug-likeness (QED) is 0.196. The van der Waals surface area contributed by atoms with Crippen LogP contribution in [0, 0.1) is 6.92 Å². The fraction of sp³-hybridized carbons (Fsp3) is 0.294. The predicted molar refractivity (Wildman–Crippen MR) is 183 cm³/mol. The molecule has 16 heteroatoms. The van der Waals surface area contributed by atoms with Crippen LogP contribution in [-0.4, -0.2) is 49.7 Å². The van der Waals surface area contributed by atoms with Crippen molar-refractivity contribution in [3.63, 3.8) is 0 Å². The molecule has 1 atom stereocenters. The Hall–Kier alpha value is -5.28. The van der Waals surface area contributed by atoms with Crippen molar-refractivity contribution in [3.05, 3.63) is 91.5 Å². The molecular weight excluding hydrogens is 677 g/mol. The van der Waals surface area contributed by atoms with E-state index in [4.69, 9.17) is 16.3 Å². The maximum atomic E-state index is 13.9. The number of aromatic nitrogens is 5. The Morgan fingerprint density at radius 2 is 1.76 bits per heavy atom. The zero-order valence-corrected chi connectivity index (χ0v) is 28.2. The lowest BCUT2D eigenvalue weighted by molar-refractivity contribution is -0.141. The van der Waals surface area contributed by atoms with Crippen molar-refractivity contribution < 1.29 is 22.7 Å². The number of hydrogen-bond acceptors (Lipinski definition) is 9. The smallest absolute Gasteiger partial charge is 0.433 e. The summed E-state index contributed by atoms with van der Waals surface area (Å²) in [5, 5.41) is 9.28. The Kier molecular flexibility index (Phi) is 9.37. The van der Waals surface area contributed by atoms with Gasteiger partial charge in [0.05, 0.1) is 29.5 Å². The number of anilines is 2. The largest absolute Gasteiger partial charge is 0.480 e. The first kappa shape index (κ1) is 34.6. The number of fused-ring (bicyclic) bond motifs is 1. The molecule has 5 aromatic rings. The molecule has 1 fully saturated rings. The summed E-state index contributed by atoms with van der Waals surface area (Å²) in [4.78, 5) is 50.2. The number of nitrogens with one attached hydrogen (secondary N) is 3. The van der Waals surface area contributed by atoms with Gasteiger partial charge in [-0.15, -0.1) is 0 Å². The topological polar surface area (TPSA) is 145 Å². The van der Waals surface area contributed by atoms with E-state index in [9.17, 15) is 27.6 Å². The van der Waals surface area contributed by atoms with Gasteiger partial charge in [-0.1, -0.05) is 41.9 Å². The molecule has 3 N–H and O–H groups in total. The van der Waals surface area contributed by atoms with Gasteiger partial charge in [0, 0.05) is 56.5 Å². The Bertz CT molecular complexity index is 2270. The molecule has 0 bridgehead atoms. The fourth-order valence-corrected chi connectivity index (χ4v) is 6.28. The Morgan fingerprint density at radius 1 is 1.04 bits per heavy atom. The van der Waals surface area contributed by atoms with Gasteiger partial charge in [0.25, 0.3) is 5.56 Å². The molecule has 1 aliphatic heterocycles. The molecule has 0 unspecified atom stereocenters. The van der Waals surface area contributed by atoms with E-state index in [1.807, 2.05) is 0 Å². The van der Waals surface area contributed by atoms with Crippen molar-refractivity contribution in [1.29, 1.82) is 0 Å². The van der Waals surface area contributed by atoms with E-state index in [0.29, 0.717) is 75.8 Å². The highest BCUT2D eigenvalue weighted by Gasteiger charge is 2.34. The number of alkyl halides is 3. The van der Waals surface area contributed by atoms with Gasteiger partial charge in [-0.25, -0.2) is 14.8 Å². The average Bonchev–Trinajstić information content (AvgIpc) is 3.51. The van der Waals surface area contributed by atoms with Gasteiger partial charge in [-0.2, -0.15) is 13.2 Å². The van der Waals surface area contributed by atoms with Crippen molar-refractivity contribution in [2.24, 2.45) is 14.1 Å². The molecule has 4 heterocycles. The maximum Gasteiger partial charge on any atom is 0.433 e. The number of carbonyl (C=O) groups excluding carboxylic acids is 1. The van der Waals surface area contributed by atoms with E-state index >= 15 is 0 Å². The third-order valence-corrected chi connectivity index (χ3v) is 9.07. The minimum absolute atomic E-state index is 0.0402. The van der Waals surface area contributed by atoms with Crippen LogP contribution in [0.2, 0.25) is 5.02 Å². The number of rotatable bonds is 9. The molecule has 3 aromatic heterocycles. The number of methoxy groups -OCH3 is 1. The van der Waals surface area contributed by atoms with Crippen LogP contribution in [-0.2, 0) is 31.6 Å². The number of amides is 1. The molecule has 50 heavy (non-hydrogen) atoms. The molecule has 0 spiro atoms. The molecule has 1 aliphatic rings. The minimum atomic E-state index is -4.85. The van der Waals surface area contributed by atoms with E-state index in [0.717, 1.165) is 15.6 Å². The van der Waals surface area contributed by atoms with E-state index in [-0.39, 0.29) is 28.7 Å². The second-order valence-corrected chi connectivity index (χ2v) is 12.2. The molecule has 260 valence electrons. The number of carbonyl (C=O) groups is 1. The van der Waals surface area contributed by atoms with E-state index < -0.39 is 23.1 Å². The molecule has 0 radical (unpaired) electrons. The van der Waals surface area contributed by atoms with Crippen molar-refractivity contribution in [2.75, 3.05) is 19.0 Å². The lowest BCUT2D eigenvalue weighted by Crippen LogP contribution is -2.37. The number of ether oxygens (including phenoxy) is 1. The van der Waals surface area contributed by atoms with Crippen LogP contribution < -0.4 is 31.9 Å². The predicted octanol–water partition coefficient (Wildman–Crippen LogP) is 4.86. The van der Waals surface area contributed by atoms with Crippen LogP contribution in [0.25, 0.3) is 33.3 Å². The van der Waals surface area contributed by atoms with E-state index in [1.54, 1.807) is 49.5 Å². The number of benzene rings is 2. The minimum Gasteiger partial charge on any atom is -0.480 e. The van der Waals surface area contributed by atoms with Crippen LogP contribution >= 0.6 is 11.6 Å². The Balaban J connectivity index is 1.34. The molecular formula is C34H32ClF3N8O4. The highest BCUT2D eigenvalue weighted by molar-refractivity contribution is 6.36. The first-order chi connectivity index (χ1) is 23.8. The molecule has 6 rings (SSSR count). The molecule has 0 aliphatic carbocycles. The van der Waals surface area contributed by atoms with Crippen molar-refractivity contribution in [2.45, 2.75) is 38.5 Å². The van der Waals surface area contributed by atoms with E-state index in [1.165, 1.54) is 21.2 Å². The summed E-state index contributed by atoms with van der Waals surface area (Å²) < 4.78 is 49.1. The lowest BCUT2D eigenvalue weighted by atomic mass is 9.96. The van der Waals surface area contributed by atoms with Crippen molar-refractivity contribution in [3.8, 4) is 28.3 Å². The summed E-state index contributed by atoms with van der Waals surface area (Å²) in [6.45, 7) is 2.70. The number of pyridine rings is 1. The zero-order chi connectivity index (χ0) is 35.9. The third-order valence-electron chi connectivity index (χ3n) is 8.67. The summed E-state index contributed by atoms with van der Waals surface area (Å²) >= 11 is 7.00. The SMILES string of the molecule is COc1nc(-c2cccc(-c3cccc(Nc4nc(C(F)(F)F)cc5c4c(=O)n(C)c(=O)n5C)c3C)c2Cl)cnc1CNC[C@H]1CCC(=O)N1. The van der Waals surface area contributed by atoms with Gasteiger partial charge >= 0.3 is 11.9 Å². The first-order valence-corrected chi connectivity index (χ1v) is 15.9. The summed E-state index contributed by atoms with van der Waals surface area (Å²) in [7, 11) is 4.03. The highest BCUT2D eigenvalue weighted by Crippen LogP contribution is 2.40. The first-order valence-electron chi connectivity index (χ1n) is 15.5. The molecule has 2 aromatic carbocycles. The second-order valence-electron chi connectivity index (χ2n) is 11.9. The van der Waals surface area contributed by atoms with Crippen molar-refractivity contribution >= 4 is 39.9 Å². The zero-order valence-electron chi connectivity index (χ0n) is 27.4. The van der Waals surface area contributed by atoms with Crippen LogP contribution in [0.4, 0.5) is 24.7 Å². The average molecular weight is 709 g/mol. The summed E-state index contributed by atoms with van der Waals surface area (Å²) in [6.07, 6.45) is -1.98. The lowest BCUT2D eigenvalue weighted by Gasteiger charge is -2.18. The summed E-state index contributed by atoms with van der Waals surface area (Å²) in [5.41, 5.74) is 0.773. The molecule has 0 saturated carbocycles. The van der Waals surface area contributed by atoms with E-state index in [2.05, 4.69) is 30.9 Å². The Labute approximate surface area is 288 Å². The summed E-state index contributed by atoms with van der Waals surface area (Å²) in [6, 6.07) is 11.3.